The van der Waals surface area contributed by atoms with Gasteiger partial charge in [-0.15, -0.1) is 0 Å². The van der Waals surface area contributed by atoms with E-state index in [1.165, 1.54) is 0 Å². The van der Waals surface area contributed by atoms with Crippen molar-refractivity contribution in [2.75, 3.05) is 11.5 Å². The molecule has 0 aliphatic rings. The highest BCUT2D eigenvalue weighted by atomic mass is 16.5. The number of nitrogens with one attached hydrogen (secondary N) is 1. The number of hydrogen-bond donors (Lipinski definition) is 1. The van der Waals surface area contributed by atoms with E-state index in [-0.39, 0.29) is 23.7 Å². The van der Waals surface area contributed by atoms with Crippen LogP contribution in [0.4, 0.5) is 5.69 Å². The maximum atomic E-state index is 12.7. The summed E-state index contributed by atoms with van der Waals surface area (Å²) < 4.78 is 10.5. The second-order valence-electron chi connectivity index (χ2n) is 7.35. The number of hydrogen-bond acceptors (Lipinski definition) is 5. The van der Waals surface area contributed by atoms with Crippen molar-refractivity contribution in [3.05, 3.63) is 52.8 Å². The van der Waals surface area contributed by atoms with Gasteiger partial charge >= 0.3 is 11.9 Å². The van der Waals surface area contributed by atoms with Gasteiger partial charge in [-0.25, -0.2) is 9.59 Å². The van der Waals surface area contributed by atoms with Gasteiger partial charge in [-0.05, 0) is 59.2 Å². The molecule has 1 aromatic heterocycles. The first-order chi connectivity index (χ1) is 13.6. The zero-order valence-electron chi connectivity index (χ0n) is 17.7. The number of anilines is 1. The van der Waals surface area contributed by atoms with Crippen molar-refractivity contribution in [3.63, 3.8) is 0 Å². The number of H-pyrrole nitrogens is 1. The average Bonchev–Trinajstić information content (AvgIpc) is 2.94. The topological polar surface area (TPSA) is 88.7 Å². The molecule has 1 aromatic carbocycles. The summed E-state index contributed by atoms with van der Waals surface area (Å²) in [5.74, 6) is -1.53. The van der Waals surface area contributed by atoms with Crippen LogP contribution < -0.4 is 4.90 Å². The molecule has 0 unspecified atom stereocenters. The third-order valence-corrected chi connectivity index (χ3v) is 4.33. The normalized spacial score (nSPS) is 10.9. The number of carbonyl (C=O) groups excluding carboxylic acids is 3. The number of nitrogens with zero attached hydrogens (tertiary/aromatic N) is 1. The lowest BCUT2D eigenvalue weighted by atomic mass is 10.1. The number of ether oxygens (including phenoxy) is 2. The number of benzene rings is 1. The summed E-state index contributed by atoms with van der Waals surface area (Å²) in [7, 11) is 0. The molecule has 0 aliphatic heterocycles. The van der Waals surface area contributed by atoms with Gasteiger partial charge in [0.25, 0.3) is 5.91 Å². The summed E-state index contributed by atoms with van der Waals surface area (Å²) in [5, 5.41) is 0. The Morgan fingerprint density at radius 1 is 1.00 bits per heavy atom. The lowest BCUT2D eigenvalue weighted by Crippen LogP contribution is -2.40. The molecule has 7 heteroatoms. The van der Waals surface area contributed by atoms with E-state index >= 15 is 0 Å². The smallest absolute Gasteiger partial charge is 0.355 e. The monoisotopic (exact) mass is 400 g/mol. The summed E-state index contributed by atoms with van der Waals surface area (Å²) in [6, 6.07) is 9.09. The number of carbonyl (C=O) groups is 3. The number of aromatic amines is 1. The number of para-hydroxylation sites is 1. The SMILES string of the molecule is Cc1[nH]c(C(=O)OCC(=O)N(c2ccccc2)C(C)C)c(C)c1C(=O)OC(C)C. The van der Waals surface area contributed by atoms with E-state index in [0.717, 1.165) is 5.69 Å². The van der Waals surface area contributed by atoms with Crippen molar-refractivity contribution >= 4 is 23.5 Å². The van der Waals surface area contributed by atoms with Crippen LogP contribution in [0.2, 0.25) is 0 Å². The fourth-order valence-electron chi connectivity index (χ4n) is 3.12. The molecule has 7 nitrogen and oxygen atoms in total. The van der Waals surface area contributed by atoms with Gasteiger partial charge < -0.3 is 19.4 Å². The van der Waals surface area contributed by atoms with Gasteiger partial charge in [0.15, 0.2) is 6.61 Å². The Bertz CT molecular complexity index is 884. The molecule has 1 amide bonds. The number of aromatic nitrogens is 1. The summed E-state index contributed by atoms with van der Waals surface area (Å²) in [5.41, 5.74) is 2.13. The van der Waals surface area contributed by atoms with Crippen LogP contribution in [0.25, 0.3) is 0 Å². The molecule has 0 spiro atoms. The molecule has 156 valence electrons. The predicted octanol–water partition coefficient (Wildman–Crippen LogP) is 3.80. The highest BCUT2D eigenvalue weighted by Crippen LogP contribution is 2.21. The minimum Gasteiger partial charge on any atom is -0.459 e. The molecule has 1 heterocycles. The maximum Gasteiger partial charge on any atom is 0.355 e. The largest absolute Gasteiger partial charge is 0.459 e. The third kappa shape index (κ3) is 5.25. The molecule has 1 N–H and O–H groups in total. The molecule has 0 radical (unpaired) electrons. The first-order valence-corrected chi connectivity index (χ1v) is 9.57. The Balaban J connectivity index is 2.13. The third-order valence-electron chi connectivity index (χ3n) is 4.33. The molecule has 29 heavy (non-hydrogen) atoms. The highest BCUT2D eigenvalue weighted by molar-refractivity contribution is 6.00. The van der Waals surface area contributed by atoms with Crippen molar-refractivity contribution < 1.29 is 23.9 Å². The summed E-state index contributed by atoms with van der Waals surface area (Å²) in [4.78, 5) is 41.9. The molecule has 0 saturated carbocycles. The molecular formula is C22H28N2O5. The van der Waals surface area contributed by atoms with Gasteiger partial charge in [-0.1, -0.05) is 18.2 Å². The number of rotatable bonds is 7. The molecule has 2 rings (SSSR count). The highest BCUT2D eigenvalue weighted by Gasteiger charge is 2.26. The second-order valence-corrected chi connectivity index (χ2v) is 7.35. The van der Waals surface area contributed by atoms with E-state index in [2.05, 4.69) is 4.98 Å². The van der Waals surface area contributed by atoms with Crippen LogP contribution in [0.15, 0.2) is 30.3 Å². The van der Waals surface area contributed by atoms with Crippen LogP contribution in [0.3, 0.4) is 0 Å². The van der Waals surface area contributed by atoms with Crippen molar-refractivity contribution in [3.8, 4) is 0 Å². The molecule has 0 saturated heterocycles. The number of esters is 2. The van der Waals surface area contributed by atoms with Crippen LogP contribution in [0.5, 0.6) is 0 Å². The van der Waals surface area contributed by atoms with Crippen LogP contribution >= 0.6 is 0 Å². The first kappa shape index (κ1) is 22.2. The van der Waals surface area contributed by atoms with E-state index in [1.807, 2.05) is 44.2 Å². The average molecular weight is 400 g/mol. The van der Waals surface area contributed by atoms with Crippen molar-refractivity contribution in [1.82, 2.24) is 4.98 Å². The number of aryl methyl sites for hydroxylation is 1. The zero-order chi connectivity index (χ0) is 21.7. The van der Waals surface area contributed by atoms with Crippen molar-refractivity contribution in [2.45, 2.75) is 53.7 Å². The minimum absolute atomic E-state index is 0.101. The lowest BCUT2D eigenvalue weighted by molar-refractivity contribution is -0.122. The van der Waals surface area contributed by atoms with E-state index in [1.54, 1.807) is 32.6 Å². The van der Waals surface area contributed by atoms with Crippen LogP contribution in [-0.4, -0.2) is 41.6 Å². The Hall–Kier alpha value is -3.09. The van der Waals surface area contributed by atoms with Gasteiger partial charge in [0.1, 0.15) is 5.69 Å². The quantitative estimate of drug-likeness (QED) is 0.714. The molecule has 0 bridgehead atoms. The summed E-state index contributed by atoms with van der Waals surface area (Å²) in [6.45, 7) is 10.2. The standard InChI is InChI=1S/C22H28N2O5/c1-13(2)24(17-10-8-7-9-11-17)18(25)12-28-22(27)20-15(5)19(16(6)23-20)21(26)29-14(3)4/h7-11,13-14,23H,12H2,1-6H3. The van der Waals surface area contributed by atoms with Gasteiger partial charge in [-0.3, -0.25) is 4.79 Å². The lowest BCUT2D eigenvalue weighted by Gasteiger charge is -2.26. The van der Waals surface area contributed by atoms with E-state index in [9.17, 15) is 14.4 Å². The van der Waals surface area contributed by atoms with Gasteiger partial charge in [0.2, 0.25) is 0 Å². The zero-order valence-corrected chi connectivity index (χ0v) is 17.7. The molecule has 2 aromatic rings. The van der Waals surface area contributed by atoms with E-state index in [4.69, 9.17) is 9.47 Å². The Kier molecular flexibility index (Phi) is 7.20. The Morgan fingerprint density at radius 3 is 2.17 bits per heavy atom. The predicted molar refractivity (Wildman–Crippen MR) is 110 cm³/mol. The molecule has 0 fully saturated rings. The number of amides is 1. The summed E-state index contributed by atoms with van der Waals surface area (Å²) in [6.07, 6.45) is -0.274. The fraction of sp³-hybridized carbons (Fsp3) is 0.409. The van der Waals surface area contributed by atoms with Crippen LogP contribution in [0, 0.1) is 13.8 Å². The van der Waals surface area contributed by atoms with Gasteiger partial charge in [0, 0.05) is 17.4 Å². The second kappa shape index (κ2) is 9.41. The summed E-state index contributed by atoms with van der Waals surface area (Å²) >= 11 is 0. The van der Waals surface area contributed by atoms with Crippen LogP contribution in [-0.2, 0) is 14.3 Å². The van der Waals surface area contributed by atoms with Crippen LogP contribution in [0.1, 0.15) is 59.8 Å². The van der Waals surface area contributed by atoms with Gasteiger partial charge in [-0.2, -0.15) is 0 Å². The van der Waals surface area contributed by atoms with E-state index in [0.29, 0.717) is 16.8 Å². The van der Waals surface area contributed by atoms with Crippen molar-refractivity contribution in [2.24, 2.45) is 0 Å². The van der Waals surface area contributed by atoms with E-state index < -0.39 is 18.5 Å². The maximum absolute atomic E-state index is 12.7. The first-order valence-electron chi connectivity index (χ1n) is 9.57. The Labute approximate surface area is 171 Å². The van der Waals surface area contributed by atoms with Gasteiger partial charge in [0.05, 0.1) is 11.7 Å². The molecular weight excluding hydrogens is 372 g/mol. The molecule has 0 atom stereocenters. The molecule has 0 aliphatic carbocycles. The minimum atomic E-state index is -0.695. The van der Waals surface area contributed by atoms with Crippen molar-refractivity contribution in [1.29, 1.82) is 0 Å². The fourth-order valence-corrected chi connectivity index (χ4v) is 3.12. The Morgan fingerprint density at radius 2 is 1.62 bits per heavy atom.